The Bertz CT molecular complexity index is 946. The maximum Gasteiger partial charge on any atom is 0.325 e. The molecule has 0 aliphatic carbocycles. The number of urea groups is 1. The molecule has 2 aromatic rings. The Balaban J connectivity index is 1.73. The van der Waals surface area contributed by atoms with Crippen molar-refractivity contribution in [1.82, 2.24) is 15.1 Å². The summed E-state index contributed by atoms with van der Waals surface area (Å²) < 4.78 is 0.806. The Morgan fingerprint density at radius 2 is 1.89 bits per heavy atom. The predicted molar refractivity (Wildman–Crippen MR) is 109 cm³/mol. The van der Waals surface area contributed by atoms with Crippen LogP contribution in [0.3, 0.4) is 0 Å². The first-order valence-electron chi connectivity index (χ1n) is 8.91. The van der Waals surface area contributed by atoms with Crippen molar-refractivity contribution in [3.63, 3.8) is 0 Å². The van der Waals surface area contributed by atoms with E-state index in [1.54, 1.807) is 32.2 Å². The van der Waals surface area contributed by atoms with Gasteiger partial charge in [-0.1, -0.05) is 52.3 Å². The Hall–Kier alpha value is -2.67. The molecule has 0 radical (unpaired) electrons. The minimum Gasteiger partial charge on any atom is -0.340 e. The summed E-state index contributed by atoms with van der Waals surface area (Å²) in [7, 11) is 1.67. The molecule has 1 fully saturated rings. The average Bonchev–Trinajstić information content (AvgIpc) is 2.87. The molecule has 7 heteroatoms. The lowest BCUT2D eigenvalue weighted by Crippen LogP contribution is -2.43. The lowest BCUT2D eigenvalue weighted by atomic mass is 9.92. The molecule has 1 N–H and O–H groups in total. The van der Waals surface area contributed by atoms with Crippen molar-refractivity contribution in [2.24, 2.45) is 0 Å². The van der Waals surface area contributed by atoms with E-state index in [-0.39, 0.29) is 12.5 Å². The number of hydrogen-bond acceptors (Lipinski definition) is 3. The number of imide groups is 1. The fourth-order valence-corrected chi connectivity index (χ4v) is 3.62. The van der Waals surface area contributed by atoms with Gasteiger partial charge in [-0.05, 0) is 42.7 Å². The topological polar surface area (TPSA) is 69.7 Å². The first-order valence-corrected chi connectivity index (χ1v) is 9.70. The third kappa shape index (κ3) is 3.80. The molecule has 0 spiro atoms. The van der Waals surface area contributed by atoms with Crippen LogP contribution >= 0.6 is 15.9 Å². The molecule has 28 heavy (non-hydrogen) atoms. The van der Waals surface area contributed by atoms with Crippen LogP contribution < -0.4 is 5.32 Å². The molecule has 0 bridgehead atoms. The highest BCUT2D eigenvalue weighted by Gasteiger charge is 2.49. The van der Waals surface area contributed by atoms with Crippen molar-refractivity contribution in [3.05, 3.63) is 69.7 Å². The van der Waals surface area contributed by atoms with Crippen molar-refractivity contribution in [3.8, 4) is 0 Å². The number of aryl methyl sites for hydroxylation is 1. The molecule has 0 saturated carbocycles. The van der Waals surface area contributed by atoms with Crippen LogP contribution in [0.5, 0.6) is 0 Å². The third-order valence-corrected chi connectivity index (χ3v) is 5.56. The zero-order valence-electron chi connectivity index (χ0n) is 16.0. The Morgan fingerprint density at radius 1 is 1.18 bits per heavy atom. The Morgan fingerprint density at radius 3 is 2.57 bits per heavy atom. The van der Waals surface area contributed by atoms with E-state index in [4.69, 9.17) is 0 Å². The second-order valence-electron chi connectivity index (χ2n) is 7.13. The first kappa shape index (κ1) is 20.1. The molecule has 146 valence electrons. The summed E-state index contributed by atoms with van der Waals surface area (Å²) in [6.45, 7) is 3.75. The molecule has 0 aromatic heterocycles. The van der Waals surface area contributed by atoms with Gasteiger partial charge in [-0.3, -0.25) is 14.5 Å². The van der Waals surface area contributed by atoms with Crippen LogP contribution in [-0.4, -0.2) is 41.2 Å². The van der Waals surface area contributed by atoms with Crippen LogP contribution in [-0.2, 0) is 21.7 Å². The minimum absolute atomic E-state index is 0.295. The number of likely N-dealkylation sites (N-methyl/N-ethyl adjacent to an activating group) is 1. The van der Waals surface area contributed by atoms with Gasteiger partial charge < -0.3 is 10.2 Å². The zero-order chi connectivity index (χ0) is 20.5. The lowest BCUT2D eigenvalue weighted by Gasteiger charge is -2.23. The molecule has 1 heterocycles. The summed E-state index contributed by atoms with van der Waals surface area (Å²) in [6, 6.07) is 14.4. The zero-order valence-corrected chi connectivity index (χ0v) is 17.6. The quantitative estimate of drug-likeness (QED) is 0.721. The summed E-state index contributed by atoms with van der Waals surface area (Å²) in [6.07, 6.45) is 0. The summed E-state index contributed by atoms with van der Waals surface area (Å²) in [5, 5.41) is 2.72. The summed E-state index contributed by atoms with van der Waals surface area (Å²) >= 11 is 3.38. The molecule has 1 aliphatic heterocycles. The predicted octanol–water partition coefficient (Wildman–Crippen LogP) is 3.18. The summed E-state index contributed by atoms with van der Waals surface area (Å²) in [5.74, 6) is -0.738. The van der Waals surface area contributed by atoms with Crippen molar-refractivity contribution in [2.75, 3.05) is 13.6 Å². The SMILES string of the molecule is Cc1ccccc1CN(C)C(=O)CN1C(=O)N[C@@](C)(c2cccc(Br)c2)C1=O. The van der Waals surface area contributed by atoms with Gasteiger partial charge in [0.1, 0.15) is 12.1 Å². The average molecular weight is 444 g/mol. The first-order chi connectivity index (χ1) is 13.2. The third-order valence-electron chi connectivity index (χ3n) is 5.06. The molecule has 1 saturated heterocycles. The van der Waals surface area contributed by atoms with Gasteiger partial charge in [-0.15, -0.1) is 0 Å². The standard InChI is InChI=1S/C21H22BrN3O3/c1-14-7-4-5-8-15(14)12-24(3)18(26)13-25-19(27)21(2,23-20(25)28)16-9-6-10-17(22)11-16/h4-11H,12-13H2,1-3H3,(H,23,28)/t21-/m0/s1. The second-order valence-corrected chi connectivity index (χ2v) is 8.05. The van der Waals surface area contributed by atoms with E-state index < -0.39 is 17.5 Å². The molecule has 3 rings (SSSR count). The monoisotopic (exact) mass is 443 g/mol. The van der Waals surface area contributed by atoms with E-state index in [0.717, 1.165) is 20.5 Å². The van der Waals surface area contributed by atoms with Crippen LogP contribution in [0.1, 0.15) is 23.6 Å². The van der Waals surface area contributed by atoms with Gasteiger partial charge in [0.2, 0.25) is 5.91 Å². The van der Waals surface area contributed by atoms with E-state index in [0.29, 0.717) is 12.1 Å². The highest BCUT2D eigenvalue weighted by molar-refractivity contribution is 9.10. The number of rotatable bonds is 5. The van der Waals surface area contributed by atoms with Gasteiger partial charge in [0.05, 0.1) is 0 Å². The van der Waals surface area contributed by atoms with E-state index in [1.165, 1.54) is 4.90 Å². The van der Waals surface area contributed by atoms with Crippen molar-refractivity contribution >= 4 is 33.8 Å². The maximum atomic E-state index is 13.0. The van der Waals surface area contributed by atoms with Crippen molar-refractivity contribution in [1.29, 1.82) is 0 Å². The smallest absolute Gasteiger partial charge is 0.325 e. The Labute approximate surface area is 172 Å². The number of nitrogens with one attached hydrogen (secondary N) is 1. The van der Waals surface area contributed by atoms with Gasteiger partial charge in [0.25, 0.3) is 5.91 Å². The van der Waals surface area contributed by atoms with Gasteiger partial charge in [-0.2, -0.15) is 0 Å². The largest absolute Gasteiger partial charge is 0.340 e. The number of carbonyl (C=O) groups is 3. The molecule has 0 unspecified atom stereocenters. The maximum absolute atomic E-state index is 13.0. The number of benzene rings is 2. The molecule has 6 nitrogen and oxygen atoms in total. The Kier molecular flexibility index (Phi) is 5.56. The van der Waals surface area contributed by atoms with Gasteiger partial charge in [-0.25, -0.2) is 4.79 Å². The van der Waals surface area contributed by atoms with Gasteiger partial charge in [0, 0.05) is 18.1 Å². The van der Waals surface area contributed by atoms with E-state index in [1.807, 2.05) is 37.3 Å². The van der Waals surface area contributed by atoms with E-state index in [9.17, 15) is 14.4 Å². The van der Waals surface area contributed by atoms with Crippen LogP contribution in [0, 0.1) is 6.92 Å². The second kappa shape index (κ2) is 7.75. The number of hydrogen-bond donors (Lipinski definition) is 1. The number of amides is 4. The van der Waals surface area contributed by atoms with Crippen LogP contribution in [0.2, 0.25) is 0 Å². The van der Waals surface area contributed by atoms with Crippen LogP contribution in [0.15, 0.2) is 53.0 Å². The van der Waals surface area contributed by atoms with E-state index >= 15 is 0 Å². The molecule has 1 aliphatic rings. The molecule has 4 amide bonds. The van der Waals surface area contributed by atoms with Crippen molar-refractivity contribution in [2.45, 2.75) is 25.9 Å². The summed E-state index contributed by atoms with van der Waals surface area (Å²) in [5.41, 5.74) is 1.56. The summed E-state index contributed by atoms with van der Waals surface area (Å²) in [4.78, 5) is 40.6. The van der Waals surface area contributed by atoms with Crippen LogP contribution in [0.25, 0.3) is 0 Å². The van der Waals surface area contributed by atoms with Gasteiger partial charge >= 0.3 is 6.03 Å². The molecule has 1 atom stereocenters. The fourth-order valence-electron chi connectivity index (χ4n) is 3.22. The molecular formula is C21H22BrN3O3. The van der Waals surface area contributed by atoms with Crippen LogP contribution in [0.4, 0.5) is 4.79 Å². The van der Waals surface area contributed by atoms with E-state index in [2.05, 4.69) is 21.2 Å². The number of nitrogens with zero attached hydrogens (tertiary/aromatic N) is 2. The lowest BCUT2D eigenvalue weighted by molar-refractivity contribution is -0.138. The molecular weight excluding hydrogens is 422 g/mol. The highest BCUT2D eigenvalue weighted by Crippen LogP contribution is 2.30. The number of carbonyl (C=O) groups excluding carboxylic acids is 3. The number of halogens is 1. The van der Waals surface area contributed by atoms with Gasteiger partial charge in [0.15, 0.2) is 0 Å². The molecule has 2 aromatic carbocycles. The normalized spacial score (nSPS) is 18.9. The fraction of sp³-hybridized carbons (Fsp3) is 0.286. The van der Waals surface area contributed by atoms with Crippen molar-refractivity contribution < 1.29 is 14.4 Å². The highest BCUT2D eigenvalue weighted by atomic mass is 79.9. The minimum atomic E-state index is -1.20.